The summed E-state index contributed by atoms with van der Waals surface area (Å²) in [6.07, 6.45) is 6.52. The zero-order valence-electron chi connectivity index (χ0n) is 18.9. The fraction of sp³-hybridized carbons (Fsp3) is 0.120. The van der Waals surface area contributed by atoms with Crippen LogP contribution >= 0.6 is 0 Å². The molecule has 0 saturated heterocycles. The van der Waals surface area contributed by atoms with Crippen molar-refractivity contribution in [2.75, 3.05) is 10.6 Å². The number of hydrogen-bond acceptors (Lipinski definition) is 7. The van der Waals surface area contributed by atoms with Crippen LogP contribution in [0.15, 0.2) is 67.3 Å². The van der Waals surface area contributed by atoms with Crippen molar-refractivity contribution < 1.29 is 4.79 Å². The Hall–Kier alpha value is -4.66. The van der Waals surface area contributed by atoms with Crippen LogP contribution < -0.4 is 10.6 Å². The minimum atomic E-state index is -0.192. The Morgan fingerprint density at radius 2 is 1.88 bits per heavy atom. The van der Waals surface area contributed by atoms with E-state index in [1.807, 2.05) is 57.3 Å². The highest BCUT2D eigenvalue weighted by Gasteiger charge is 2.16. The molecule has 0 aliphatic carbocycles. The van der Waals surface area contributed by atoms with Crippen LogP contribution in [0.1, 0.15) is 21.5 Å². The first kappa shape index (κ1) is 21.2. The number of amides is 1. The molecule has 0 aliphatic rings. The van der Waals surface area contributed by atoms with Gasteiger partial charge >= 0.3 is 0 Å². The lowest BCUT2D eigenvalue weighted by Crippen LogP contribution is -2.12. The number of benzene rings is 2. The van der Waals surface area contributed by atoms with Crippen molar-refractivity contribution in [3.63, 3.8) is 0 Å². The van der Waals surface area contributed by atoms with E-state index >= 15 is 0 Å². The maximum Gasteiger partial charge on any atom is 0.255 e. The lowest BCUT2D eigenvalue weighted by molar-refractivity contribution is 0.102. The Kier molecular flexibility index (Phi) is 5.43. The Balaban J connectivity index is 1.51. The highest BCUT2D eigenvalue weighted by Crippen LogP contribution is 2.28. The summed E-state index contributed by atoms with van der Waals surface area (Å²) in [5.41, 5.74) is 5.28. The first-order chi connectivity index (χ1) is 16.5. The summed E-state index contributed by atoms with van der Waals surface area (Å²) >= 11 is 0. The second kappa shape index (κ2) is 8.70. The molecule has 5 aromatic rings. The molecule has 3 aromatic heterocycles. The Morgan fingerprint density at radius 1 is 1.00 bits per heavy atom. The van der Waals surface area contributed by atoms with Gasteiger partial charge in [0.2, 0.25) is 0 Å². The fourth-order valence-electron chi connectivity index (χ4n) is 3.60. The summed E-state index contributed by atoms with van der Waals surface area (Å²) in [4.78, 5) is 30.7. The quantitative estimate of drug-likeness (QED) is 0.407. The average molecular weight is 451 g/mol. The van der Waals surface area contributed by atoms with Crippen molar-refractivity contribution >= 4 is 34.1 Å². The summed E-state index contributed by atoms with van der Waals surface area (Å²) in [6.45, 7) is 3.95. The number of hydrogen-bond donors (Lipinski definition) is 2. The highest BCUT2D eigenvalue weighted by molar-refractivity contribution is 6.05. The van der Waals surface area contributed by atoms with Crippen molar-refractivity contribution in [1.29, 1.82) is 0 Å². The third-order valence-corrected chi connectivity index (χ3v) is 5.41. The van der Waals surface area contributed by atoms with E-state index in [0.717, 1.165) is 27.9 Å². The largest absolute Gasteiger partial charge is 0.339 e. The molecule has 5 rings (SSSR count). The molecule has 168 valence electrons. The SMILES string of the molecule is Cc1cccc(NC(=O)c2ccc(C)c(Nc3nc(-c4cnccn4)nc4c3cnn4C)c2)c1. The number of anilines is 3. The van der Waals surface area contributed by atoms with Gasteiger partial charge in [-0.05, 0) is 49.2 Å². The Morgan fingerprint density at radius 3 is 2.68 bits per heavy atom. The first-order valence-electron chi connectivity index (χ1n) is 10.7. The first-order valence-corrected chi connectivity index (χ1v) is 10.7. The van der Waals surface area contributed by atoms with Crippen LogP contribution in [0.3, 0.4) is 0 Å². The molecule has 2 aromatic carbocycles. The van der Waals surface area contributed by atoms with E-state index in [9.17, 15) is 4.79 Å². The van der Waals surface area contributed by atoms with Gasteiger partial charge in [0.1, 0.15) is 11.5 Å². The molecular formula is C25H22N8O. The molecule has 1 amide bonds. The summed E-state index contributed by atoms with van der Waals surface area (Å²) in [5, 5.41) is 11.4. The van der Waals surface area contributed by atoms with Gasteiger partial charge in [-0.25, -0.2) is 15.0 Å². The van der Waals surface area contributed by atoms with Gasteiger partial charge in [-0.3, -0.25) is 14.5 Å². The topological polar surface area (TPSA) is 111 Å². The van der Waals surface area contributed by atoms with E-state index in [1.165, 1.54) is 0 Å². The van der Waals surface area contributed by atoms with Gasteiger partial charge in [-0.2, -0.15) is 5.10 Å². The highest BCUT2D eigenvalue weighted by atomic mass is 16.1. The smallest absolute Gasteiger partial charge is 0.255 e. The van der Waals surface area contributed by atoms with E-state index in [2.05, 4.69) is 30.7 Å². The van der Waals surface area contributed by atoms with Crippen molar-refractivity contribution in [3.8, 4) is 11.5 Å². The number of fused-ring (bicyclic) bond motifs is 1. The number of nitrogens with one attached hydrogen (secondary N) is 2. The number of aryl methyl sites for hydroxylation is 3. The average Bonchev–Trinajstić information content (AvgIpc) is 3.22. The Labute approximate surface area is 195 Å². The van der Waals surface area contributed by atoms with Crippen LogP contribution in [0, 0.1) is 13.8 Å². The van der Waals surface area contributed by atoms with Crippen LogP contribution in [0.2, 0.25) is 0 Å². The van der Waals surface area contributed by atoms with Gasteiger partial charge in [-0.15, -0.1) is 0 Å². The van der Waals surface area contributed by atoms with Gasteiger partial charge in [0.25, 0.3) is 5.91 Å². The molecule has 0 saturated carbocycles. The molecular weight excluding hydrogens is 428 g/mol. The molecule has 34 heavy (non-hydrogen) atoms. The molecule has 0 bridgehead atoms. The molecule has 0 radical (unpaired) electrons. The minimum absolute atomic E-state index is 0.192. The molecule has 0 spiro atoms. The predicted octanol–water partition coefficient (Wildman–Crippen LogP) is 4.43. The monoisotopic (exact) mass is 450 g/mol. The molecule has 0 aliphatic heterocycles. The van der Waals surface area contributed by atoms with Gasteiger partial charge < -0.3 is 10.6 Å². The zero-order valence-corrected chi connectivity index (χ0v) is 18.9. The third kappa shape index (κ3) is 4.18. The molecule has 3 heterocycles. The normalized spacial score (nSPS) is 10.9. The molecule has 2 N–H and O–H groups in total. The van der Waals surface area contributed by atoms with Crippen molar-refractivity contribution in [2.45, 2.75) is 13.8 Å². The van der Waals surface area contributed by atoms with Gasteiger partial charge in [0, 0.05) is 36.4 Å². The van der Waals surface area contributed by atoms with Crippen molar-refractivity contribution in [1.82, 2.24) is 29.7 Å². The second-order valence-electron chi connectivity index (χ2n) is 7.97. The minimum Gasteiger partial charge on any atom is -0.339 e. The fourth-order valence-corrected chi connectivity index (χ4v) is 3.60. The number of rotatable bonds is 5. The maximum atomic E-state index is 12.9. The van der Waals surface area contributed by atoms with Crippen LogP contribution in [-0.2, 0) is 7.05 Å². The Bertz CT molecular complexity index is 1510. The molecule has 0 unspecified atom stereocenters. The van der Waals surface area contributed by atoms with Crippen molar-refractivity contribution in [2.24, 2.45) is 7.05 Å². The number of carbonyl (C=O) groups is 1. The second-order valence-corrected chi connectivity index (χ2v) is 7.97. The zero-order chi connectivity index (χ0) is 23.7. The molecule has 0 atom stereocenters. The summed E-state index contributed by atoms with van der Waals surface area (Å²) in [7, 11) is 1.82. The van der Waals surface area contributed by atoms with Gasteiger partial charge in [-0.1, -0.05) is 18.2 Å². The summed E-state index contributed by atoms with van der Waals surface area (Å²) in [5.74, 6) is 0.805. The van der Waals surface area contributed by atoms with Crippen LogP contribution in [0.25, 0.3) is 22.6 Å². The maximum absolute atomic E-state index is 12.9. The van der Waals surface area contributed by atoms with Gasteiger partial charge in [0.15, 0.2) is 11.5 Å². The summed E-state index contributed by atoms with van der Waals surface area (Å²) in [6, 6.07) is 13.2. The number of nitrogens with zero attached hydrogens (tertiary/aromatic N) is 6. The third-order valence-electron chi connectivity index (χ3n) is 5.41. The molecule has 9 heteroatoms. The van der Waals surface area contributed by atoms with E-state index in [-0.39, 0.29) is 5.91 Å². The van der Waals surface area contributed by atoms with E-state index in [0.29, 0.717) is 28.5 Å². The standard InChI is InChI=1S/C25H22N8O/c1-15-5-4-6-18(11-15)29-25(34)17-8-7-16(2)20(12-17)30-22-19-13-28-33(3)24(19)32-23(31-22)21-14-26-9-10-27-21/h4-14H,1-3H3,(H,29,34)(H,30,31,32). The number of aromatic nitrogens is 6. The number of carbonyl (C=O) groups excluding carboxylic acids is 1. The lowest BCUT2D eigenvalue weighted by atomic mass is 10.1. The predicted molar refractivity (Wildman–Crippen MR) is 131 cm³/mol. The van der Waals surface area contributed by atoms with E-state index in [1.54, 1.807) is 35.5 Å². The van der Waals surface area contributed by atoms with E-state index in [4.69, 9.17) is 4.98 Å². The lowest BCUT2D eigenvalue weighted by Gasteiger charge is -2.13. The van der Waals surface area contributed by atoms with Crippen LogP contribution in [-0.4, -0.2) is 35.6 Å². The van der Waals surface area contributed by atoms with E-state index < -0.39 is 0 Å². The van der Waals surface area contributed by atoms with Crippen LogP contribution in [0.5, 0.6) is 0 Å². The van der Waals surface area contributed by atoms with Crippen LogP contribution in [0.4, 0.5) is 17.2 Å². The summed E-state index contributed by atoms with van der Waals surface area (Å²) < 4.78 is 1.68. The van der Waals surface area contributed by atoms with Gasteiger partial charge in [0.05, 0.1) is 17.8 Å². The van der Waals surface area contributed by atoms with Crippen molar-refractivity contribution in [3.05, 3.63) is 83.9 Å². The molecule has 9 nitrogen and oxygen atoms in total. The molecule has 0 fully saturated rings.